The standard InChI is InChI=1S/C15H17NO2/c1-14(10-6-3-7-11-14)15(18,13(16)17)12-8-4-2-5-9-12/h2-10,18H,11H2,1H3,(H2,16,17)/t14?,15-/m1/s1. The molecule has 3 nitrogen and oxygen atoms in total. The van der Waals surface area contributed by atoms with E-state index in [4.69, 9.17) is 5.73 Å². The maximum Gasteiger partial charge on any atom is 0.254 e. The van der Waals surface area contributed by atoms with Crippen molar-refractivity contribution in [2.24, 2.45) is 11.1 Å². The van der Waals surface area contributed by atoms with Gasteiger partial charge in [0, 0.05) is 5.41 Å². The molecule has 1 aliphatic rings. The molecule has 1 aliphatic carbocycles. The number of allylic oxidation sites excluding steroid dienone is 3. The average Bonchev–Trinajstić information content (AvgIpc) is 2.39. The molecule has 0 heterocycles. The average molecular weight is 243 g/mol. The first-order valence-electron chi connectivity index (χ1n) is 5.93. The lowest BCUT2D eigenvalue weighted by atomic mass is 9.66. The molecule has 0 aliphatic heterocycles. The minimum absolute atomic E-state index is 0.528. The van der Waals surface area contributed by atoms with Crippen LogP contribution in [-0.2, 0) is 10.4 Å². The Morgan fingerprint density at radius 1 is 1.33 bits per heavy atom. The van der Waals surface area contributed by atoms with Crippen LogP contribution in [0.5, 0.6) is 0 Å². The van der Waals surface area contributed by atoms with E-state index in [1.54, 1.807) is 24.3 Å². The lowest BCUT2D eigenvalue weighted by molar-refractivity contribution is -0.149. The molecule has 0 spiro atoms. The van der Waals surface area contributed by atoms with Gasteiger partial charge in [-0.2, -0.15) is 0 Å². The minimum Gasteiger partial charge on any atom is -0.375 e. The molecule has 18 heavy (non-hydrogen) atoms. The molecule has 0 bridgehead atoms. The van der Waals surface area contributed by atoms with Crippen molar-refractivity contribution in [2.75, 3.05) is 0 Å². The molecule has 0 saturated carbocycles. The van der Waals surface area contributed by atoms with Crippen molar-refractivity contribution in [1.29, 1.82) is 0 Å². The Hall–Kier alpha value is -1.87. The van der Waals surface area contributed by atoms with Crippen LogP contribution in [0.4, 0.5) is 0 Å². The predicted molar refractivity (Wildman–Crippen MR) is 70.5 cm³/mol. The van der Waals surface area contributed by atoms with Crippen LogP contribution in [0, 0.1) is 5.41 Å². The number of nitrogens with two attached hydrogens (primary N) is 1. The molecular weight excluding hydrogens is 226 g/mol. The van der Waals surface area contributed by atoms with Crippen molar-refractivity contribution in [3.63, 3.8) is 0 Å². The van der Waals surface area contributed by atoms with E-state index in [0.717, 1.165) is 0 Å². The van der Waals surface area contributed by atoms with Gasteiger partial charge in [-0.15, -0.1) is 0 Å². The molecular formula is C15H17NO2. The van der Waals surface area contributed by atoms with Gasteiger partial charge in [-0.25, -0.2) is 0 Å². The molecule has 0 radical (unpaired) electrons. The normalized spacial score (nSPS) is 25.7. The summed E-state index contributed by atoms with van der Waals surface area (Å²) in [5.74, 6) is -0.726. The van der Waals surface area contributed by atoms with Crippen LogP contribution in [-0.4, -0.2) is 11.0 Å². The van der Waals surface area contributed by atoms with Gasteiger partial charge in [0.2, 0.25) is 0 Å². The summed E-state index contributed by atoms with van der Waals surface area (Å²) in [6.07, 6.45) is 8.06. The van der Waals surface area contributed by atoms with Crippen LogP contribution in [0.15, 0.2) is 54.6 Å². The smallest absolute Gasteiger partial charge is 0.254 e. The Labute approximate surface area is 107 Å². The fourth-order valence-electron chi connectivity index (χ4n) is 2.43. The van der Waals surface area contributed by atoms with Crippen molar-refractivity contribution in [3.8, 4) is 0 Å². The van der Waals surface area contributed by atoms with Crippen LogP contribution in [0.3, 0.4) is 0 Å². The summed E-state index contributed by atoms with van der Waals surface area (Å²) >= 11 is 0. The maximum absolute atomic E-state index is 11.8. The van der Waals surface area contributed by atoms with E-state index < -0.39 is 16.9 Å². The molecule has 1 aromatic rings. The van der Waals surface area contributed by atoms with Crippen molar-refractivity contribution in [3.05, 3.63) is 60.2 Å². The molecule has 1 amide bonds. The Morgan fingerprint density at radius 3 is 2.50 bits per heavy atom. The van der Waals surface area contributed by atoms with E-state index in [1.165, 1.54) is 0 Å². The van der Waals surface area contributed by atoms with E-state index in [9.17, 15) is 9.90 Å². The van der Waals surface area contributed by atoms with E-state index in [-0.39, 0.29) is 0 Å². The summed E-state index contributed by atoms with van der Waals surface area (Å²) in [7, 11) is 0. The zero-order chi connectivity index (χ0) is 13.2. The molecule has 3 N–H and O–H groups in total. The second-order valence-electron chi connectivity index (χ2n) is 4.85. The lowest BCUT2D eigenvalue weighted by Gasteiger charge is -2.41. The summed E-state index contributed by atoms with van der Waals surface area (Å²) in [6, 6.07) is 8.86. The monoisotopic (exact) mass is 243 g/mol. The fraction of sp³-hybridized carbons (Fsp3) is 0.267. The van der Waals surface area contributed by atoms with Gasteiger partial charge in [0.15, 0.2) is 5.60 Å². The third-order valence-corrected chi connectivity index (χ3v) is 3.63. The maximum atomic E-state index is 11.8. The topological polar surface area (TPSA) is 63.3 Å². The second-order valence-corrected chi connectivity index (χ2v) is 4.85. The number of primary amides is 1. The molecule has 0 aromatic heterocycles. The Bertz CT molecular complexity index is 506. The Kier molecular flexibility index (Phi) is 3.09. The molecule has 94 valence electrons. The van der Waals surface area contributed by atoms with Gasteiger partial charge in [0.25, 0.3) is 5.91 Å². The number of benzene rings is 1. The highest BCUT2D eigenvalue weighted by Gasteiger charge is 2.51. The fourth-order valence-corrected chi connectivity index (χ4v) is 2.43. The summed E-state index contributed by atoms with van der Waals surface area (Å²) < 4.78 is 0. The van der Waals surface area contributed by atoms with Crippen molar-refractivity contribution in [2.45, 2.75) is 18.9 Å². The van der Waals surface area contributed by atoms with Gasteiger partial charge in [-0.05, 0) is 12.0 Å². The van der Waals surface area contributed by atoms with Gasteiger partial charge in [-0.1, -0.05) is 61.6 Å². The summed E-state index contributed by atoms with van der Waals surface area (Å²) in [4.78, 5) is 11.8. The van der Waals surface area contributed by atoms with Crippen LogP contribution in [0.25, 0.3) is 0 Å². The first kappa shape index (κ1) is 12.6. The molecule has 2 atom stereocenters. The Balaban J connectivity index is 2.55. The van der Waals surface area contributed by atoms with Crippen molar-refractivity contribution in [1.82, 2.24) is 0 Å². The highest BCUT2D eigenvalue weighted by molar-refractivity contribution is 5.86. The van der Waals surface area contributed by atoms with Crippen LogP contribution < -0.4 is 5.73 Å². The van der Waals surface area contributed by atoms with Gasteiger partial charge in [-0.3, -0.25) is 4.79 Å². The zero-order valence-electron chi connectivity index (χ0n) is 10.3. The van der Waals surface area contributed by atoms with Crippen LogP contribution in [0.2, 0.25) is 0 Å². The SMILES string of the molecule is CC1([C@](O)(C(N)=O)c2ccccc2)C=CC=CC1. The number of hydrogen-bond donors (Lipinski definition) is 2. The van der Waals surface area contributed by atoms with E-state index in [0.29, 0.717) is 12.0 Å². The second kappa shape index (κ2) is 4.42. The Morgan fingerprint density at radius 2 is 2.00 bits per heavy atom. The number of hydrogen-bond acceptors (Lipinski definition) is 2. The van der Waals surface area contributed by atoms with Gasteiger partial charge < -0.3 is 10.8 Å². The van der Waals surface area contributed by atoms with Crippen molar-refractivity contribution < 1.29 is 9.90 Å². The number of carbonyl (C=O) groups excluding carboxylic acids is 1. The van der Waals surface area contributed by atoms with Crippen LogP contribution in [0.1, 0.15) is 18.9 Å². The summed E-state index contributed by atoms with van der Waals surface area (Å²) in [6.45, 7) is 1.84. The largest absolute Gasteiger partial charge is 0.375 e. The molecule has 1 aromatic carbocycles. The highest BCUT2D eigenvalue weighted by Crippen LogP contribution is 2.45. The third kappa shape index (κ3) is 1.77. The van der Waals surface area contributed by atoms with Crippen LogP contribution >= 0.6 is 0 Å². The van der Waals surface area contributed by atoms with E-state index in [2.05, 4.69) is 0 Å². The minimum atomic E-state index is -1.70. The summed E-state index contributed by atoms with van der Waals surface area (Å²) in [5.41, 5.74) is 3.57. The van der Waals surface area contributed by atoms with E-state index >= 15 is 0 Å². The molecule has 0 fully saturated rings. The summed E-state index contributed by atoms with van der Waals surface area (Å²) in [5, 5.41) is 10.9. The molecule has 3 heteroatoms. The number of carbonyl (C=O) groups is 1. The number of rotatable bonds is 3. The quantitative estimate of drug-likeness (QED) is 0.851. The van der Waals surface area contributed by atoms with Gasteiger partial charge >= 0.3 is 0 Å². The van der Waals surface area contributed by atoms with Gasteiger partial charge in [0.05, 0.1) is 0 Å². The number of amides is 1. The molecule has 2 rings (SSSR count). The van der Waals surface area contributed by atoms with Crippen molar-refractivity contribution >= 4 is 5.91 Å². The molecule has 0 saturated heterocycles. The number of aliphatic hydroxyl groups is 1. The lowest BCUT2D eigenvalue weighted by Crippen LogP contribution is -2.52. The first-order chi connectivity index (χ1) is 8.51. The zero-order valence-corrected chi connectivity index (χ0v) is 10.3. The van der Waals surface area contributed by atoms with Gasteiger partial charge in [0.1, 0.15) is 0 Å². The first-order valence-corrected chi connectivity index (χ1v) is 5.93. The third-order valence-electron chi connectivity index (χ3n) is 3.63. The molecule has 1 unspecified atom stereocenters. The highest BCUT2D eigenvalue weighted by atomic mass is 16.3. The predicted octanol–water partition coefficient (Wildman–Crippen LogP) is 1.88. The van der Waals surface area contributed by atoms with E-state index in [1.807, 2.05) is 37.3 Å².